The van der Waals surface area contributed by atoms with Crippen LogP contribution < -0.4 is 10.7 Å². The highest BCUT2D eigenvalue weighted by atomic mass is 16.6. The molecule has 1 rings (SSSR count). The molecule has 1 fully saturated rings. The molecule has 126 valence electrons. The van der Waals surface area contributed by atoms with Gasteiger partial charge >= 0.3 is 12.2 Å². The number of carbonyl (C=O) groups excluding carboxylic acids is 2. The summed E-state index contributed by atoms with van der Waals surface area (Å²) >= 11 is 0. The molecule has 1 unspecified atom stereocenters. The van der Waals surface area contributed by atoms with Crippen LogP contribution in [-0.4, -0.2) is 36.1 Å². The van der Waals surface area contributed by atoms with Crippen molar-refractivity contribution in [2.75, 3.05) is 6.61 Å². The van der Waals surface area contributed by atoms with Crippen molar-refractivity contribution >= 4 is 17.9 Å². The van der Waals surface area contributed by atoms with Crippen molar-refractivity contribution in [3.63, 3.8) is 0 Å². The summed E-state index contributed by atoms with van der Waals surface area (Å²) in [5.41, 5.74) is 2.57. The van der Waals surface area contributed by atoms with Gasteiger partial charge in [-0.1, -0.05) is 12.8 Å². The molecule has 1 aliphatic rings. The lowest BCUT2D eigenvalue weighted by Crippen LogP contribution is -2.43. The van der Waals surface area contributed by atoms with Gasteiger partial charge in [0.15, 0.2) is 0 Å². The maximum Gasteiger partial charge on any atom is 0.427 e. The van der Waals surface area contributed by atoms with Gasteiger partial charge in [-0.25, -0.2) is 15.0 Å². The van der Waals surface area contributed by atoms with Gasteiger partial charge in [-0.05, 0) is 47.0 Å². The summed E-state index contributed by atoms with van der Waals surface area (Å²) in [5, 5.41) is 6.95. The first-order valence-corrected chi connectivity index (χ1v) is 7.80. The number of hydrazone groups is 1. The molecule has 2 amide bonds. The van der Waals surface area contributed by atoms with E-state index in [9.17, 15) is 9.59 Å². The number of rotatable bonds is 3. The fourth-order valence-corrected chi connectivity index (χ4v) is 2.19. The van der Waals surface area contributed by atoms with Crippen LogP contribution in [0.2, 0.25) is 0 Å². The van der Waals surface area contributed by atoms with Crippen LogP contribution in [0.5, 0.6) is 0 Å². The van der Waals surface area contributed by atoms with Gasteiger partial charge in [-0.3, -0.25) is 0 Å². The van der Waals surface area contributed by atoms with E-state index >= 15 is 0 Å². The Kier molecular flexibility index (Phi) is 7.14. The number of nitrogens with one attached hydrogen (secondary N) is 2. The summed E-state index contributed by atoms with van der Waals surface area (Å²) in [6, 6.07) is -0.223. The van der Waals surface area contributed by atoms with E-state index in [1.807, 2.05) is 20.8 Å². The van der Waals surface area contributed by atoms with Crippen LogP contribution in [0, 0.1) is 0 Å². The van der Waals surface area contributed by atoms with E-state index in [1.54, 1.807) is 6.92 Å². The average Bonchev–Trinajstić information content (AvgIpc) is 2.60. The molecular weight excluding hydrogens is 286 g/mol. The van der Waals surface area contributed by atoms with Crippen molar-refractivity contribution in [1.82, 2.24) is 10.7 Å². The minimum absolute atomic E-state index is 0.223. The van der Waals surface area contributed by atoms with E-state index in [4.69, 9.17) is 9.47 Å². The second-order valence-corrected chi connectivity index (χ2v) is 6.23. The number of hydrogen-bond donors (Lipinski definition) is 2. The summed E-state index contributed by atoms with van der Waals surface area (Å²) in [6.45, 7) is 7.46. The fraction of sp³-hybridized carbons (Fsp3) is 0.800. The van der Waals surface area contributed by atoms with Crippen molar-refractivity contribution in [3.05, 3.63) is 0 Å². The van der Waals surface area contributed by atoms with Gasteiger partial charge in [0.1, 0.15) is 5.60 Å². The topological polar surface area (TPSA) is 89.0 Å². The maximum absolute atomic E-state index is 11.9. The van der Waals surface area contributed by atoms with E-state index < -0.39 is 17.8 Å². The SMILES string of the molecule is CCOC(=O)N/N=C1/CCCCCC1NC(=O)OC(C)(C)C. The van der Waals surface area contributed by atoms with Gasteiger partial charge in [-0.15, -0.1) is 0 Å². The molecule has 0 heterocycles. The van der Waals surface area contributed by atoms with Crippen LogP contribution in [-0.2, 0) is 9.47 Å². The molecule has 0 aromatic carbocycles. The summed E-state index contributed by atoms with van der Waals surface area (Å²) < 4.78 is 10.1. The fourth-order valence-electron chi connectivity index (χ4n) is 2.19. The minimum atomic E-state index is -0.588. The van der Waals surface area contributed by atoms with Crippen molar-refractivity contribution in [2.24, 2.45) is 5.10 Å². The first-order chi connectivity index (χ1) is 10.3. The Bertz CT molecular complexity index is 416. The molecule has 0 bridgehead atoms. The molecule has 1 saturated carbocycles. The second kappa shape index (κ2) is 8.60. The summed E-state index contributed by atoms with van der Waals surface area (Å²) in [5.74, 6) is 0. The van der Waals surface area contributed by atoms with Crippen LogP contribution in [0.4, 0.5) is 9.59 Å². The second-order valence-electron chi connectivity index (χ2n) is 6.23. The largest absolute Gasteiger partial charge is 0.449 e. The normalized spacial score (nSPS) is 20.9. The lowest BCUT2D eigenvalue weighted by Gasteiger charge is -2.23. The third kappa shape index (κ3) is 7.28. The lowest BCUT2D eigenvalue weighted by molar-refractivity contribution is 0.0516. The Morgan fingerprint density at radius 1 is 1.23 bits per heavy atom. The van der Waals surface area contributed by atoms with Gasteiger partial charge in [0.25, 0.3) is 0 Å². The average molecular weight is 313 g/mol. The van der Waals surface area contributed by atoms with Crippen LogP contribution >= 0.6 is 0 Å². The first kappa shape index (κ1) is 18.3. The molecule has 0 spiro atoms. The summed E-state index contributed by atoms with van der Waals surface area (Å²) in [7, 11) is 0. The minimum Gasteiger partial charge on any atom is -0.449 e. The number of ether oxygens (including phenoxy) is 2. The van der Waals surface area contributed by atoms with Gasteiger partial charge < -0.3 is 14.8 Å². The van der Waals surface area contributed by atoms with E-state index in [0.717, 1.165) is 37.8 Å². The standard InChI is InChI=1S/C15H27N3O4/c1-5-21-14(20)18-17-12-10-8-6-7-9-11(12)16-13(19)22-15(2,3)4/h11H,5-10H2,1-4H3,(H,16,19)(H,18,20)/b17-12-. The van der Waals surface area contributed by atoms with E-state index in [0.29, 0.717) is 0 Å². The lowest BCUT2D eigenvalue weighted by atomic mass is 10.1. The highest BCUT2D eigenvalue weighted by Gasteiger charge is 2.24. The van der Waals surface area contributed by atoms with Gasteiger partial charge in [0, 0.05) is 0 Å². The van der Waals surface area contributed by atoms with Crippen molar-refractivity contribution in [3.8, 4) is 0 Å². The zero-order chi connectivity index (χ0) is 16.6. The van der Waals surface area contributed by atoms with Gasteiger partial charge in [0.2, 0.25) is 0 Å². The Morgan fingerprint density at radius 3 is 2.59 bits per heavy atom. The van der Waals surface area contributed by atoms with Crippen LogP contribution in [0.15, 0.2) is 5.10 Å². The molecule has 7 nitrogen and oxygen atoms in total. The zero-order valence-electron chi connectivity index (χ0n) is 13.9. The van der Waals surface area contributed by atoms with Gasteiger partial charge in [-0.2, -0.15) is 5.10 Å². The highest BCUT2D eigenvalue weighted by Crippen LogP contribution is 2.16. The quantitative estimate of drug-likeness (QED) is 0.619. The molecule has 0 saturated heterocycles. The predicted molar refractivity (Wildman–Crippen MR) is 83.8 cm³/mol. The molecule has 0 aliphatic heterocycles. The molecule has 0 radical (unpaired) electrons. The molecule has 7 heteroatoms. The molecule has 0 aromatic rings. The van der Waals surface area contributed by atoms with Crippen molar-refractivity contribution < 1.29 is 19.1 Å². The Morgan fingerprint density at radius 2 is 1.95 bits per heavy atom. The third-order valence-corrected chi connectivity index (χ3v) is 3.09. The van der Waals surface area contributed by atoms with Crippen molar-refractivity contribution in [2.45, 2.75) is 71.4 Å². The Labute approximate surface area is 131 Å². The van der Waals surface area contributed by atoms with E-state index in [1.165, 1.54) is 0 Å². The zero-order valence-corrected chi connectivity index (χ0v) is 13.9. The summed E-state index contributed by atoms with van der Waals surface area (Å²) in [6.07, 6.45) is 3.51. The number of nitrogens with zero attached hydrogens (tertiary/aromatic N) is 1. The van der Waals surface area contributed by atoms with Crippen LogP contribution in [0.3, 0.4) is 0 Å². The number of amides is 2. The smallest absolute Gasteiger partial charge is 0.427 e. The third-order valence-electron chi connectivity index (χ3n) is 3.09. The number of hydrogen-bond acceptors (Lipinski definition) is 5. The molecule has 22 heavy (non-hydrogen) atoms. The van der Waals surface area contributed by atoms with E-state index in [-0.39, 0.29) is 12.6 Å². The molecular formula is C15H27N3O4. The van der Waals surface area contributed by atoms with Crippen molar-refractivity contribution in [1.29, 1.82) is 0 Å². The highest BCUT2D eigenvalue weighted by molar-refractivity contribution is 5.92. The molecule has 0 aromatic heterocycles. The first-order valence-electron chi connectivity index (χ1n) is 7.80. The molecule has 1 aliphatic carbocycles. The molecule has 2 N–H and O–H groups in total. The number of alkyl carbamates (subject to hydrolysis) is 1. The monoisotopic (exact) mass is 313 g/mol. The van der Waals surface area contributed by atoms with Crippen LogP contribution in [0.1, 0.15) is 59.8 Å². The Balaban J connectivity index is 2.67. The number of carbonyl (C=O) groups is 2. The predicted octanol–water partition coefficient (Wildman–Crippen LogP) is 2.95. The van der Waals surface area contributed by atoms with Gasteiger partial charge in [0.05, 0.1) is 18.4 Å². The summed E-state index contributed by atoms with van der Waals surface area (Å²) in [4.78, 5) is 23.3. The Hall–Kier alpha value is -1.79. The molecule has 1 atom stereocenters. The van der Waals surface area contributed by atoms with Crippen LogP contribution in [0.25, 0.3) is 0 Å². The van der Waals surface area contributed by atoms with E-state index in [2.05, 4.69) is 15.8 Å². The maximum atomic E-state index is 11.9.